The summed E-state index contributed by atoms with van der Waals surface area (Å²) in [4.78, 5) is 16.5. The molecule has 0 unspecified atom stereocenters. The molecule has 0 saturated heterocycles. The van der Waals surface area contributed by atoms with E-state index in [0.29, 0.717) is 6.42 Å². The summed E-state index contributed by atoms with van der Waals surface area (Å²) in [6.07, 6.45) is 3.84. The summed E-state index contributed by atoms with van der Waals surface area (Å²) >= 11 is 4.81. The van der Waals surface area contributed by atoms with Crippen LogP contribution in [0.3, 0.4) is 0 Å². The average Bonchev–Trinajstić information content (AvgIpc) is 2.66. The van der Waals surface area contributed by atoms with Gasteiger partial charge in [-0.2, -0.15) is 0 Å². The summed E-state index contributed by atoms with van der Waals surface area (Å²) in [6, 6.07) is 7.46. The molecule has 0 atom stereocenters. The van der Waals surface area contributed by atoms with Crippen molar-refractivity contribution in [1.82, 2.24) is 4.98 Å². The number of hydrogen-bond donors (Lipinski definition) is 0. The SMILES string of the molecule is O=C(Cc1ccncc1)c1ccc(Br)s1. The Labute approximate surface area is 100 Å². The molecule has 2 aromatic heterocycles. The number of nitrogens with zero attached hydrogens (tertiary/aromatic N) is 1. The second kappa shape index (κ2) is 4.68. The molecule has 0 spiro atoms. The zero-order valence-electron chi connectivity index (χ0n) is 7.81. The van der Waals surface area contributed by atoms with Crippen LogP contribution in [0.2, 0.25) is 0 Å². The predicted octanol–water partition coefficient (Wildman–Crippen LogP) is 3.33. The Morgan fingerprint density at radius 2 is 2.00 bits per heavy atom. The van der Waals surface area contributed by atoms with Gasteiger partial charge in [0.1, 0.15) is 0 Å². The van der Waals surface area contributed by atoms with Gasteiger partial charge in [-0.15, -0.1) is 11.3 Å². The Morgan fingerprint density at radius 1 is 1.27 bits per heavy atom. The molecule has 2 nitrogen and oxygen atoms in total. The number of pyridine rings is 1. The number of carbonyl (C=O) groups excluding carboxylic acids is 1. The maximum absolute atomic E-state index is 11.8. The molecule has 0 N–H and O–H groups in total. The van der Waals surface area contributed by atoms with Gasteiger partial charge in [0, 0.05) is 18.8 Å². The van der Waals surface area contributed by atoms with Crippen molar-refractivity contribution in [2.45, 2.75) is 6.42 Å². The Morgan fingerprint density at radius 3 is 2.60 bits per heavy atom. The number of hydrogen-bond acceptors (Lipinski definition) is 3. The fourth-order valence-corrected chi connectivity index (χ4v) is 2.56. The van der Waals surface area contributed by atoms with Gasteiger partial charge in [0.2, 0.25) is 0 Å². The first-order valence-electron chi connectivity index (χ1n) is 4.43. The van der Waals surface area contributed by atoms with Crippen molar-refractivity contribution in [3.63, 3.8) is 0 Å². The fraction of sp³-hybridized carbons (Fsp3) is 0.0909. The number of halogens is 1. The molecule has 0 radical (unpaired) electrons. The third kappa shape index (κ3) is 2.73. The van der Waals surface area contributed by atoms with Gasteiger partial charge in [-0.05, 0) is 45.8 Å². The van der Waals surface area contributed by atoms with E-state index in [4.69, 9.17) is 0 Å². The molecule has 0 saturated carbocycles. The summed E-state index contributed by atoms with van der Waals surface area (Å²) in [5.41, 5.74) is 1.000. The normalized spacial score (nSPS) is 10.2. The lowest BCUT2D eigenvalue weighted by atomic mass is 10.1. The number of ketones is 1. The highest BCUT2D eigenvalue weighted by molar-refractivity contribution is 9.11. The summed E-state index contributed by atoms with van der Waals surface area (Å²) in [5, 5.41) is 0. The fourth-order valence-electron chi connectivity index (χ4n) is 1.24. The van der Waals surface area contributed by atoms with Gasteiger partial charge in [0.05, 0.1) is 8.66 Å². The van der Waals surface area contributed by atoms with Crippen molar-refractivity contribution in [2.24, 2.45) is 0 Å². The van der Waals surface area contributed by atoms with Gasteiger partial charge in [-0.3, -0.25) is 9.78 Å². The summed E-state index contributed by atoms with van der Waals surface area (Å²) < 4.78 is 0.987. The van der Waals surface area contributed by atoms with Gasteiger partial charge in [0.15, 0.2) is 5.78 Å². The summed E-state index contributed by atoms with van der Waals surface area (Å²) in [5.74, 6) is 0.150. The zero-order valence-corrected chi connectivity index (χ0v) is 10.2. The van der Waals surface area contributed by atoms with E-state index < -0.39 is 0 Å². The molecule has 0 aliphatic rings. The lowest BCUT2D eigenvalue weighted by Crippen LogP contribution is -2.00. The highest BCUT2D eigenvalue weighted by atomic mass is 79.9. The van der Waals surface area contributed by atoms with Crippen molar-refractivity contribution < 1.29 is 4.79 Å². The molecule has 0 amide bonds. The molecule has 2 aromatic rings. The van der Waals surface area contributed by atoms with Crippen LogP contribution in [0.1, 0.15) is 15.2 Å². The molecule has 2 rings (SSSR count). The second-order valence-electron chi connectivity index (χ2n) is 3.06. The molecule has 0 bridgehead atoms. The topological polar surface area (TPSA) is 30.0 Å². The molecule has 0 aliphatic carbocycles. The van der Waals surface area contributed by atoms with Gasteiger partial charge >= 0.3 is 0 Å². The van der Waals surface area contributed by atoms with Gasteiger partial charge in [-0.25, -0.2) is 0 Å². The van der Waals surface area contributed by atoms with Crippen LogP contribution in [0, 0.1) is 0 Å². The quantitative estimate of drug-likeness (QED) is 0.808. The number of Topliss-reactive ketones (excluding diaryl/α,β-unsaturated/α-hetero) is 1. The molecule has 0 fully saturated rings. The largest absolute Gasteiger partial charge is 0.293 e. The third-order valence-corrected chi connectivity index (χ3v) is 3.63. The minimum absolute atomic E-state index is 0.150. The molecule has 76 valence electrons. The van der Waals surface area contributed by atoms with E-state index in [1.165, 1.54) is 11.3 Å². The van der Waals surface area contributed by atoms with Gasteiger partial charge < -0.3 is 0 Å². The Kier molecular flexibility index (Phi) is 3.28. The lowest BCUT2D eigenvalue weighted by molar-refractivity contribution is 0.0997. The van der Waals surface area contributed by atoms with E-state index in [9.17, 15) is 4.79 Å². The average molecular weight is 282 g/mol. The van der Waals surface area contributed by atoms with Crippen molar-refractivity contribution in [1.29, 1.82) is 0 Å². The van der Waals surface area contributed by atoms with Crippen molar-refractivity contribution in [3.8, 4) is 0 Å². The maximum Gasteiger partial charge on any atom is 0.177 e. The first-order chi connectivity index (χ1) is 7.25. The van der Waals surface area contributed by atoms with E-state index in [2.05, 4.69) is 20.9 Å². The second-order valence-corrected chi connectivity index (χ2v) is 5.52. The monoisotopic (exact) mass is 281 g/mol. The Hall–Kier alpha value is -1.000. The standard InChI is InChI=1S/C11H8BrNOS/c12-11-2-1-10(15-11)9(14)7-8-3-5-13-6-4-8/h1-6H,7H2. The lowest BCUT2D eigenvalue weighted by Gasteiger charge is -1.97. The van der Waals surface area contributed by atoms with E-state index in [0.717, 1.165) is 14.2 Å². The molecule has 15 heavy (non-hydrogen) atoms. The van der Waals surface area contributed by atoms with Crippen LogP contribution in [-0.2, 0) is 6.42 Å². The van der Waals surface area contributed by atoms with E-state index in [-0.39, 0.29) is 5.78 Å². The van der Waals surface area contributed by atoms with Crippen LogP contribution < -0.4 is 0 Å². The minimum Gasteiger partial charge on any atom is -0.293 e. The molecule has 2 heterocycles. The molecule has 4 heteroatoms. The predicted molar refractivity (Wildman–Crippen MR) is 64.3 cm³/mol. The number of aromatic nitrogens is 1. The highest BCUT2D eigenvalue weighted by Crippen LogP contribution is 2.23. The smallest absolute Gasteiger partial charge is 0.177 e. The van der Waals surface area contributed by atoms with E-state index in [1.807, 2.05) is 24.3 Å². The summed E-state index contributed by atoms with van der Waals surface area (Å²) in [6.45, 7) is 0. The Balaban J connectivity index is 2.11. The number of carbonyl (C=O) groups is 1. The Bertz CT molecular complexity index is 466. The number of thiophene rings is 1. The maximum atomic E-state index is 11.8. The van der Waals surface area contributed by atoms with E-state index >= 15 is 0 Å². The van der Waals surface area contributed by atoms with Gasteiger partial charge in [-0.1, -0.05) is 0 Å². The number of rotatable bonds is 3. The first kappa shape index (κ1) is 10.5. The third-order valence-electron chi connectivity index (χ3n) is 1.96. The zero-order chi connectivity index (χ0) is 10.7. The first-order valence-corrected chi connectivity index (χ1v) is 6.04. The van der Waals surface area contributed by atoms with Crippen molar-refractivity contribution >= 4 is 33.0 Å². The van der Waals surface area contributed by atoms with Crippen LogP contribution in [0.25, 0.3) is 0 Å². The molecular formula is C11H8BrNOS. The molecule has 0 aliphatic heterocycles. The van der Waals surface area contributed by atoms with Gasteiger partial charge in [0.25, 0.3) is 0 Å². The van der Waals surface area contributed by atoms with Crippen LogP contribution in [0.4, 0.5) is 0 Å². The van der Waals surface area contributed by atoms with Crippen molar-refractivity contribution in [3.05, 3.63) is 50.9 Å². The van der Waals surface area contributed by atoms with Crippen LogP contribution in [0.5, 0.6) is 0 Å². The van der Waals surface area contributed by atoms with Crippen LogP contribution >= 0.6 is 27.3 Å². The van der Waals surface area contributed by atoms with Crippen LogP contribution in [-0.4, -0.2) is 10.8 Å². The molecular weight excluding hydrogens is 274 g/mol. The van der Waals surface area contributed by atoms with E-state index in [1.54, 1.807) is 12.4 Å². The summed E-state index contributed by atoms with van der Waals surface area (Å²) in [7, 11) is 0. The minimum atomic E-state index is 0.150. The molecule has 0 aromatic carbocycles. The highest BCUT2D eigenvalue weighted by Gasteiger charge is 2.08. The van der Waals surface area contributed by atoms with Crippen LogP contribution in [0.15, 0.2) is 40.4 Å². The van der Waals surface area contributed by atoms with Crippen molar-refractivity contribution in [2.75, 3.05) is 0 Å².